The van der Waals surface area contributed by atoms with Gasteiger partial charge in [0.15, 0.2) is 23.0 Å². The number of ether oxygens (including phenoxy) is 1. The van der Waals surface area contributed by atoms with Gasteiger partial charge in [-0.25, -0.2) is 19.0 Å². The van der Waals surface area contributed by atoms with E-state index in [-0.39, 0.29) is 23.1 Å². The Morgan fingerprint density at radius 2 is 1.93 bits per heavy atom. The van der Waals surface area contributed by atoms with Gasteiger partial charge in [0, 0.05) is 17.8 Å². The van der Waals surface area contributed by atoms with E-state index in [0.29, 0.717) is 11.2 Å². The van der Waals surface area contributed by atoms with E-state index in [1.165, 1.54) is 30.5 Å². The average Bonchev–Trinajstić information content (AvgIpc) is 2.70. The number of aryl methyl sites for hydroxylation is 1. The van der Waals surface area contributed by atoms with Crippen LogP contribution < -0.4 is 21.5 Å². The van der Waals surface area contributed by atoms with Crippen LogP contribution in [0.4, 0.5) is 16.2 Å². The van der Waals surface area contributed by atoms with E-state index in [2.05, 4.69) is 20.3 Å². The highest BCUT2D eigenvalue weighted by molar-refractivity contribution is 5.77. The second-order valence-electron chi connectivity index (χ2n) is 6.03. The molecule has 28 heavy (non-hydrogen) atoms. The SMILES string of the molecule is Cc1ccc(Nc2ncc3cc(Oc4ccccc4F)c(=O)n(N)c3n2)nc1. The molecule has 0 amide bonds. The van der Waals surface area contributed by atoms with Crippen LogP contribution in [0.2, 0.25) is 0 Å². The van der Waals surface area contributed by atoms with E-state index in [9.17, 15) is 9.18 Å². The van der Waals surface area contributed by atoms with Crippen molar-refractivity contribution in [3.05, 3.63) is 76.6 Å². The highest BCUT2D eigenvalue weighted by Crippen LogP contribution is 2.24. The number of hydrogen-bond donors (Lipinski definition) is 2. The molecule has 0 radical (unpaired) electrons. The summed E-state index contributed by atoms with van der Waals surface area (Å²) in [4.78, 5) is 25.2. The Balaban J connectivity index is 1.71. The molecule has 4 rings (SSSR count). The molecule has 0 spiro atoms. The van der Waals surface area contributed by atoms with Crippen molar-refractivity contribution in [1.29, 1.82) is 0 Å². The van der Waals surface area contributed by atoms with E-state index in [0.717, 1.165) is 10.2 Å². The van der Waals surface area contributed by atoms with Gasteiger partial charge in [-0.05, 0) is 36.8 Å². The quantitative estimate of drug-likeness (QED) is 0.526. The number of para-hydroxylation sites is 1. The zero-order chi connectivity index (χ0) is 19.7. The molecule has 3 heterocycles. The molecule has 4 aromatic rings. The van der Waals surface area contributed by atoms with Gasteiger partial charge < -0.3 is 15.9 Å². The number of nitrogens with one attached hydrogen (secondary N) is 1. The number of anilines is 2. The molecule has 0 aliphatic carbocycles. The second-order valence-corrected chi connectivity index (χ2v) is 6.03. The predicted molar refractivity (Wildman–Crippen MR) is 103 cm³/mol. The molecule has 0 atom stereocenters. The first-order valence-electron chi connectivity index (χ1n) is 8.31. The van der Waals surface area contributed by atoms with Crippen molar-refractivity contribution in [2.75, 3.05) is 11.2 Å². The number of halogens is 1. The van der Waals surface area contributed by atoms with E-state index in [1.807, 2.05) is 13.0 Å². The molecule has 8 nitrogen and oxygen atoms in total. The first kappa shape index (κ1) is 17.4. The smallest absolute Gasteiger partial charge is 0.313 e. The van der Waals surface area contributed by atoms with Gasteiger partial charge in [-0.15, -0.1) is 0 Å². The second kappa shape index (κ2) is 6.95. The number of nitrogens with two attached hydrogens (primary N) is 1. The minimum absolute atomic E-state index is 0.0800. The lowest BCUT2D eigenvalue weighted by atomic mass is 10.3. The van der Waals surface area contributed by atoms with E-state index < -0.39 is 11.4 Å². The monoisotopic (exact) mass is 378 g/mol. The summed E-state index contributed by atoms with van der Waals surface area (Å²) in [5.74, 6) is 5.86. The van der Waals surface area contributed by atoms with Crippen molar-refractivity contribution in [3.8, 4) is 11.5 Å². The van der Waals surface area contributed by atoms with Crippen LogP contribution in [0.1, 0.15) is 5.56 Å². The van der Waals surface area contributed by atoms with Gasteiger partial charge in [-0.2, -0.15) is 4.98 Å². The Labute approximate surface area is 158 Å². The molecule has 0 fully saturated rings. The lowest BCUT2D eigenvalue weighted by Gasteiger charge is -2.11. The number of fused-ring (bicyclic) bond motifs is 1. The molecule has 0 saturated heterocycles. The summed E-state index contributed by atoms with van der Waals surface area (Å²) in [6, 6.07) is 10.9. The summed E-state index contributed by atoms with van der Waals surface area (Å²) in [5.41, 5.74) is 0.549. The van der Waals surface area contributed by atoms with Crippen molar-refractivity contribution < 1.29 is 9.13 Å². The molecular weight excluding hydrogens is 363 g/mol. The zero-order valence-corrected chi connectivity index (χ0v) is 14.8. The Morgan fingerprint density at radius 1 is 1.11 bits per heavy atom. The van der Waals surface area contributed by atoms with Crippen LogP contribution in [0.3, 0.4) is 0 Å². The summed E-state index contributed by atoms with van der Waals surface area (Å²) in [6.45, 7) is 1.93. The largest absolute Gasteiger partial charge is 0.448 e. The molecular formula is C19H15FN6O2. The lowest BCUT2D eigenvalue weighted by Crippen LogP contribution is -2.29. The van der Waals surface area contributed by atoms with Gasteiger partial charge in [-0.1, -0.05) is 18.2 Å². The fourth-order valence-corrected chi connectivity index (χ4v) is 2.53. The molecule has 0 bridgehead atoms. The van der Waals surface area contributed by atoms with Crippen LogP contribution >= 0.6 is 0 Å². The highest BCUT2D eigenvalue weighted by Gasteiger charge is 2.14. The summed E-state index contributed by atoms with van der Waals surface area (Å²) < 4.78 is 20.0. The summed E-state index contributed by atoms with van der Waals surface area (Å²) in [7, 11) is 0. The number of benzene rings is 1. The molecule has 140 valence electrons. The van der Waals surface area contributed by atoms with Gasteiger partial charge in [0.2, 0.25) is 5.95 Å². The lowest BCUT2D eigenvalue weighted by molar-refractivity contribution is 0.435. The fraction of sp³-hybridized carbons (Fsp3) is 0.0526. The Morgan fingerprint density at radius 3 is 2.68 bits per heavy atom. The minimum Gasteiger partial charge on any atom is -0.448 e. The van der Waals surface area contributed by atoms with Crippen LogP contribution in [0.5, 0.6) is 11.5 Å². The third-order valence-electron chi connectivity index (χ3n) is 3.95. The first-order valence-corrected chi connectivity index (χ1v) is 8.31. The summed E-state index contributed by atoms with van der Waals surface area (Å²) >= 11 is 0. The molecule has 3 aromatic heterocycles. The standard InChI is InChI=1S/C19H15FN6O2/c1-11-6-7-16(22-9-11)24-19-23-10-12-8-15(18(27)26(21)17(12)25-19)28-14-5-3-2-4-13(14)20/h2-10H,21H2,1H3,(H,22,23,24,25). The Hall–Kier alpha value is -4.01. The summed E-state index contributed by atoms with van der Waals surface area (Å²) in [5, 5.41) is 3.40. The highest BCUT2D eigenvalue weighted by atomic mass is 19.1. The third kappa shape index (κ3) is 3.32. The number of nitrogen functional groups attached to an aromatic ring is 1. The summed E-state index contributed by atoms with van der Waals surface area (Å²) in [6.07, 6.45) is 3.18. The minimum atomic E-state index is -0.658. The molecule has 1 aromatic carbocycles. The number of hydrogen-bond acceptors (Lipinski definition) is 7. The van der Waals surface area contributed by atoms with Gasteiger partial charge in [0.1, 0.15) is 5.82 Å². The predicted octanol–water partition coefficient (Wildman–Crippen LogP) is 2.88. The normalized spacial score (nSPS) is 10.8. The first-order chi connectivity index (χ1) is 13.5. The zero-order valence-electron chi connectivity index (χ0n) is 14.8. The topological polar surface area (TPSA) is 108 Å². The van der Waals surface area contributed by atoms with Crippen LogP contribution in [-0.2, 0) is 0 Å². The van der Waals surface area contributed by atoms with E-state index >= 15 is 0 Å². The fourth-order valence-electron chi connectivity index (χ4n) is 2.53. The van der Waals surface area contributed by atoms with Crippen molar-refractivity contribution in [1.82, 2.24) is 19.6 Å². The Kier molecular flexibility index (Phi) is 4.32. The van der Waals surface area contributed by atoms with Crippen molar-refractivity contribution >= 4 is 22.8 Å². The maximum Gasteiger partial charge on any atom is 0.313 e. The van der Waals surface area contributed by atoms with Crippen molar-refractivity contribution in [3.63, 3.8) is 0 Å². The van der Waals surface area contributed by atoms with Crippen LogP contribution in [0.25, 0.3) is 11.0 Å². The maximum atomic E-state index is 13.8. The molecule has 3 N–H and O–H groups in total. The van der Waals surface area contributed by atoms with Crippen LogP contribution in [0, 0.1) is 12.7 Å². The number of rotatable bonds is 4. The third-order valence-corrected chi connectivity index (χ3v) is 3.95. The van der Waals surface area contributed by atoms with Gasteiger partial charge in [-0.3, -0.25) is 4.79 Å². The van der Waals surface area contributed by atoms with Gasteiger partial charge >= 0.3 is 5.56 Å². The average molecular weight is 378 g/mol. The van der Waals surface area contributed by atoms with Crippen molar-refractivity contribution in [2.24, 2.45) is 0 Å². The molecule has 0 aliphatic rings. The number of nitrogens with zero attached hydrogens (tertiary/aromatic N) is 4. The van der Waals surface area contributed by atoms with Crippen LogP contribution in [0.15, 0.2) is 59.7 Å². The maximum absolute atomic E-state index is 13.8. The van der Waals surface area contributed by atoms with Gasteiger partial charge in [0.05, 0.1) is 0 Å². The van der Waals surface area contributed by atoms with Gasteiger partial charge in [0.25, 0.3) is 0 Å². The molecule has 0 aliphatic heterocycles. The molecule has 9 heteroatoms. The number of aromatic nitrogens is 4. The van der Waals surface area contributed by atoms with E-state index in [4.69, 9.17) is 10.6 Å². The molecule has 0 unspecified atom stereocenters. The van der Waals surface area contributed by atoms with Crippen LogP contribution in [-0.4, -0.2) is 19.6 Å². The number of pyridine rings is 2. The molecule has 0 saturated carbocycles. The van der Waals surface area contributed by atoms with Crippen molar-refractivity contribution in [2.45, 2.75) is 6.92 Å². The van der Waals surface area contributed by atoms with E-state index in [1.54, 1.807) is 18.3 Å². The Bertz CT molecular complexity index is 1220.